The number of amides is 1. The fourth-order valence-electron chi connectivity index (χ4n) is 3.21. The summed E-state index contributed by atoms with van der Waals surface area (Å²) >= 11 is 1.36. The highest BCUT2D eigenvalue weighted by molar-refractivity contribution is 7.07. The number of carbonyl (C=O) groups excluding carboxylic acids is 1. The maximum atomic E-state index is 12.8. The molecule has 0 saturated carbocycles. The Morgan fingerprint density at radius 1 is 1.31 bits per heavy atom. The zero-order valence-corrected chi connectivity index (χ0v) is 14.3. The highest BCUT2D eigenvalue weighted by Gasteiger charge is 2.32. The van der Waals surface area contributed by atoms with Crippen molar-refractivity contribution in [1.29, 1.82) is 0 Å². The van der Waals surface area contributed by atoms with E-state index in [-0.39, 0.29) is 17.5 Å². The molecule has 1 aliphatic rings. The number of benzene rings is 1. The van der Waals surface area contributed by atoms with Crippen molar-refractivity contribution in [3.05, 3.63) is 40.3 Å². The van der Waals surface area contributed by atoms with Crippen LogP contribution in [0.5, 0.6) is 0 Å². The van der Waals surface area contributed by atoms with Crippen molar-refractivity contribution in [2.75, 3.05) is 13.1 Å². The van der Waals surface area contributed by atoms with Crippen LogP contribution in [-0.4, -0.2) is 43.9 Å². The Morgan fingerprint density at radius 3 is 2.88 bits per heavy atom. The monoisotopic (exact) mass is 381 g/mol. The second-order valence-corrected chi connectivity index (χ2v) is 6.87. The Balaban J connectivity index is 1.60. The van der Waals surface area contributed by atoms with E-state index in [9.17, 15) is 18.0 Å². The number of fused-ring (bicyclic) bond motifs is 1. The summed E-state index contributed by atoms with van der Waals surface area (Å²) in [6.07, 6.45) is -2.86. The summed E-state index contributed by atoms with van der Waals surface area (Å²) in [4.78, 5) is 18.3. The number of carbonyl (C=O) groups is 1. The number of likely N-dealkylation sites (tertiary alicyclic amines) is 1. The Morgan fingerprint density at radius 2 is 2.15 bits per heavy atom. The van der Waals surface area contributed by atoms with Gasteiger partial charge in [-0.3, -0.25) is 4.79 Å². The number of aromatic nitrogens is 4. The summed E-state index contributed by atoms with van der Waals surface area (Å²) < 4.78 is 40.2. The van der Waals surface area contributed by atoms with Crippen LogP contribution in [0.3, 0.4) is 0 Å². The third kappa shape index (κ3) is 3.05. The lowest BCUT2D eigenvalue weighted by Gasteiger charge is -2.32. The van der Waals surface area contributed by atoms with Crippen LogP contribution in [-0.2, 0) is 6.18 Å². The van der Waals surface area contributed by atoms with Gasteiger partial charge < -0.3 is 4.90 Å². The molecular weight excluding hydrogens is 367 g/mol. The van der Waals surface area contributed by atoms with Crippen LogP contribution < -0.4 is 0 Å². The normalized spacial score (nSPS) is 18.4. The number of alkyl halides is 3. The molecule has 136 valence electrons. The molecule has 1 aromatic carbocycles. The van der Waals surface area contributed by atoms with Gasteiger partial charge in [0.1, 0.15) is 11.2 Å². The molecule has 0 N–H and O–H groups in total. The maximum Gasteiger partial charge on any atom is 0.416 e. The molecule has 26 heavy (non-hydrogen) atoms. The summed E-state index contributed by atoms with van der Waals surface area (Å²) in [6, 6.07) is 3.29. The zero-order valence-electron chi connectivity index (χ0n) is 13.5. The molecular formula is C16H14F3N5OS. The molecule has 1 aliphatic heterocycles. The van der Waals surface area contributed by atoms with Gasteiger partial charge in [0.2, 0.25) is 0 Å². The number of thiazole rings is 1. The average molecular weight is 381 g/mol. The van der Waals surface area contributed by atoms with E-state index < -0.39 is 11.7 Å². The third-order valence-corrected chi connectivity index (χ3v) is 5.07. The summed E-state index contributed by atoms with van der Waals surface area (Å²) in [7, 11) is 0. The van der Waals surface area contributed by atoms with Crippen LogP contribution >= 0.6 is 11.3 Å². The van der Waals surface area contributed by atoms with Gasteiger partial charge in [0.15, 0.2) is 0 Å². The summed E-state index contributed by atoms with van der Waals surface area (Å²) in [6.45, 7) is 1.05. The topological polar surface area (TPSA) is 63.9 Å². The minimum atomic E-state index is -4.42. The van der Waals surface area contributed by atoms with Crippen molar-refractivity contribution in [2.24, 2.45) is 0 Å². The fraction of sp³-hybridized carbons (Fsp3) is 0.375. The van der Waals surface area contributed by atoms with E-state index in [0.717, 1.165) is 25.0 Å². The van der Waals surface area contributed by atoms with E-state index in [1.807, 2.05) is 0 Å². The van der Waals surface area contributed by atoms with Gasteiger partial charge in [0, 0.05) is 18.5 Å². The summed E-state index contributed by atoms with van der Waals surface area (Å²) in [5.41, 5.74) is 2.00. The first-order chi connectivity index (χ1) is 12.4. The Bertz CT molecular complexity index is 937. The van der Waals surface area contributed by atoms with Gasteiger partial charge in [-0.05, 0) is 31.0 Å². The minimum Gasteiger partial charge on any atom is -0.335 e. The van der Waals surface area contributed by atoms with Crippen molar-refractivity contribution in [3.8, 4) is 0 Å². The van der Waals surface area contributed by atoms with E-state index in [1.54, 1.807) is 20.5 Å². The molecule has 1 unspecified atom stereocenters. The predicted octanol–water partition coefficient (Wildman–Crippen LogP) is 3.38. The van der Waals surface area contributed by atoms with Crippen LogP contribution in [0.15, 0.2) is 29.1 Å². The summed E-state index contributed by atoms with van der Waals surface area (Å²) in [5.74, 6) is -0.139. The van der Waals surface area contributed by atoms with Gasteiger partial charge in [-0.2, -0.15) is 13.2 Å². The largest absolute Gasteiger partial charge is 0.416 e. The van der Waals surface area contributed by atoms with Crippen molar-refractivity contribution >= 4 is 28.3 Å². The van der Waals surface area contributed by atoms with Gasteiger partial charge in [0.25, 0.3) is 5.91 Å². The fourth-order valence-corrected chi connectivity index (χ4v) is 3.73. The molecule has 3 aromatic rings. The van der Waals surface area contributed by atoms with Crippen molar-refractivity contribution in [2.45, 2.75) is 25.1 Å². The first-order valence-corrected chi connectivity index (χ1v) is 8.97. The Kier molecular flexibility index (Phi) is 4.14. The molecule has 4 rings (SSSR count). The molecule has 3 heterocycles. The maximum absolute atomic E-state index is 12.8. The molecule has 10 heteroatoms. The van der Waals surface area contributed by atoms with E-state index in [4.69, 9.17) is 0 Å². The highest BCUT2D eigenvalue weighted by atomic mass is 32.1. The van der Waals surface area contributed by atoms with Crippen LogP contribution in [0, 0.1) is 0 Å². The number of nitrogens with zero attached hydrogens (tertiary/aromatic N) is 5. The second-order valence-electron chi connectivity index (χ2n) is 6.16. The SMILES string of the molecule is O=C(c1cscn1)N1CCCC(n2nnc3cc(C(F)(F)F)ccc32)C1. The number of hydrogen-bond donors (Lipinski definition) is 0. The smallest absolute Gasteiger partial charge is 0.335 e. The highest BCUT2D eigenvalue weighted by Crippen LogP contribution is 2.32. The Hall–Kier alpha value is -2.49. The van der Waals surface area contributed by atoms with E-state index in [0.29, 0.717) is 24.3 Å². The Labute approximate surface area is 150 Å². The van der Waals surface area contributed by atoms with Crippen molar-refractivity contribution in [3.63, 3.8) is 0 Å². The lowest BCUT2D eigenvalue weighted by Crippen LogP contribution is -2.41. The molecule has 0 bridgehead atoms. The van der Waals surface area contributed by atoms with Crippen LogP contribution in [0.2, 0.25) is 0 Å². The molecule has 1 amide bonds. The quantitative estimate of drug-likeness (QED) is 0.683. The van der Waals surface area contributed by atoms with Crippen LogP contribution in [0.1, 0.15) is 34.9 Å². The average Bonchev–Trinajstić information content (AvgIpc) is 3.29. The number of piperidine rings is 1. The lowest BCUT2D eigenvalue weighted by atomic mass is 10.0. The number of hydrogen-bond acceptors (Lipinski definition) is 5. The van der Waals surface area contributed by atoms with Crippen molar-refractivity contribution in [1.82, 2.24) is 24.9 Å². The zero-order chi connectivity index (χ0) is 18.3. The van der Waals surface area contributed by atoms with Crippen LogP contribution in [0.4, 0.5) is 13.2 Å². The molecule has 0 radical (unpaired) electrons. The standard InChI is InChI=1S/C16H14F3N5OS/c17-16(18,19)10-3-4-14-12(6-10)21-22-24(14)11-2-1-5-23(7-11)15(25)13-8-26-9-20-13/h3-4,6,8-9,11H,1-2,5,7H2. The minimum absolute atomic E-state index is 0.131. The molecule has 6 nitrogen and oxygen atoms in total. The predicted molar refractivity (Wildman–Crippen MR) is 88.8 cm³/mol. The van der Waals surface area contributed by atoms with Gasteiger partial charge >= 0.3 is 6.18 Å². The van der Waals surface area contributed by atoms with E-state index in [1.165, 1.54) is 17.4 Å². The van der Waals surface area contributed by atoms with Gasteiger partial charge in [0.05, 0.1) is 22.6 Å². The van der Waals surface area contributed by atoms with E-state index >= 15 is 0 Å². The number of halogens is 3. The van der Waals surface area contributed by atoms with E-state index in [2.05, 4.69) is 15.3 Å². The van der Waals surface area contributed by atoms with Crippen molar-refractivity contribution < 1.29 is 18.0 Å². The van der Waals surface area contributed by atoms with Crippen LogP contribution in [0.25, 0.3) is 11.0 Å². The molecule has 0 spiro atoms. The lowest BCUT2D eigenvalue weighted by molar-refractivity contribution is -0.137. The second kappa shape index (κ2) is 6.35. The molecule has 1 fully saturated rings. The van der Waals surface area contributed by atoms with Gasteiger partial charge in [-0.15, -0.1) is 16.4 Å². The third-order valence-electron chi connectivity index (χ3n) is 4.48. The molecule has 1 saturated heterocycles. The molecule has 1 atom stereocenters. The number of rotatable bonds is 2. The van der Waals surface area contributed by atoms with Gasteiger partial charge in [-0.25, -0.2) is 9.67 Å². The summed E-state index contributed by atoms with van der Waals surface area (Å²) in [5, 5.41) is 9.64. The molecule has 2 aromatic heterocycles. The van der Waals surface area contributed by atoms with Gasteiger partial charge in [-0.1, -0.05) is 5.21 Å². The molecule has 0 aliphatic carbocycles. The first kappa shape index (κ1) is 17.0. The first-order valence-electron chi connectivity index (χ1n) is 8.03.